The number of hydrogen-bond acceptors (Lipinski definition) is 2. The molecule has 0 unspecified atom stereocenters. The largest absolute Gasteiger partial charge is 0.496 e. The van der Waals surface area contributed by atoms with Crippen LogP contribution in [-0.2, 0) is 11.2 Å². The van der Waals surface area contributed by atoms with E-state index < -0.39 is 0 Å². The topological polar surface area (TPSA) is 58.6 Å². The molecule has 3 rings (SSSR count). The molecule has 0 spiro atoms. The Kier molecular flexibility index (Phi) is 6.94. The van der Waals surface area contributed by atoms with Gasteiger partial charge in [-0.05, 0) is 23.6 Å². The molecule has 1 amide bonds. The van der Waals surface area contributed by atoms with Gasteiger partial charge >= 0.3 is 0 Å². The Bertz CT molecular complexity index is 962. The van der Waals surface area contributed by atoms with Crippen molar-refractivity contribution >= 4 is 16.8 Å². The van der Waals surface area contributed by atoms with Gasteiger partial charge in [-0.3, -0.25) is 4.79 Å². The number of benzene rings is 2. The van der Waals surface area contributed by atoms with Crippen LogP contribution in [-0.4, -0.2) is 45.2 Å². The Balaban J connectivity index is 1.99. The number of carbonyl (C=O) groups excluding carboxylic acids is 1. The number of methoxy groups -OCH3 is 1. The fourth-order valence-corrected chi connectivity index (χ4v) is 3.87. The molecule has 0 saturated heterocycles. The lowest BCUT2D eigenvalue weighted by molar-refractivity contribution is -0.856. The molecule has 1 aromatic heterocycles. The summed E-state index contributed by atoms with van der Waals surface area (Å²) in [6.45, 7) is 3.73. The molecule has 1 heterocycles. The average Bonchev–Trinajstić information content (AvgIpc) is 3.15. The van der Waals surface area contributed by atoms with E-state index >= 15 is 0 Å². The highest BCUT2D eigenvalue weighted by Gasteiger charge is 2.24. The van der Waals surface area contributed by atoms with Crippen LogP contribution >= 0.6 is 0 Å². The SMILES string of the molecule is CCc1cccc2c([C@@H](CC(=O)NCC[NH+](C)C)c3ccccc3OC)c[nH]c12. The van der Waals surface area contributed by atoms with E-state index in [0.29, 0.717) is 13.0 Å². The second kappa shape index (κ2) is 9.61. The van der Waals surface area contributed by atoms with Gasteiger partial charge in [0.05, 0.1) is 34.3 Å². The minimum absolute atomic E-state index is 0.0585. The molecule has 0 aliphatic carbocycles. The second-order valence-corrected chi connectivity index (χ2v) is 7.74. The maximum atomic E-state index is 12.8. The first-order chi connectivity index (χ1) is 14.0. The van der Waals surface area contributed by atoms with Crippen molar-refractivity contribution in [3.8, 4) is 5.75 Å². The number of rotatable bonds is 9. The van der Waals surface area contributed by atoms with E-state index in [1.807, 2.05) is 18.2 Å². The molecule has 1 atom stereocenters. The first-order valence-electron chi connectivity index (χ1n) is 10.3. The van der Waals surface area contributed by atoms with Crippen LogP contribution in [0.25, 0.3) is 10.9 Å². The van der Waals surface area contributed by atoms with Gasteiger partial charge in [0.25, 0.3) is 0 Å². The van der Waals surface area contributed by atoms with Gasteiger partial charge < -0.3 is 19.9 Å². The smallest absolute Gasteiger partial charge is 0.221 e. The number of aryl methyl sites for hydroxylation is 1. The Morgan fingerprint density at radius 2 is 1.93 bits per heavy atom. The molecular weight excluding hydrogens is 362 g/mol. The number of fused-ring (bicyclic) bond motifs is 1. The maximum absolute atomic E-state index is 12.8. The lowest BCUT2D eigenvalue weighted by Gasteiger charge is -2.20. The standard InChI is InChI=1S/C24H31N3O2/c1-5-17-9-8-11-19-21(16-26-24(17)19)20(15-23(28)25-13-14-27(2)3)18-10-6-7-12-22(18)29-4/h6-12,16,20,26H,5,13-15H2,1-4H3,(H,25,28)/p+1/t20-/m0/s1. The molecule has 29 heavy (non-hydrogen) atoms. The van der Waals surface area contributed by atoms with Gasteiger partial charge in [-0.25, -0.2) is 0 Å². The summed E-state index contributed by atoms with van der Waals surface area (Å²) < 4.78 is 5.63. The lowest BCUT2D eigenvalue weighted by atomic mass is 9.87. The molecule has 0 saturated carbocycles. The highest BCUT2D eigenvalue weighted by molar-refractivity contribution is 5.88. The molecule has 3 aromatic rings. The number of carbonyl (C=O) groups is 1. The normalized spacial score (nSPS) is 12.3. The van der Waals surface area contributed by atoms with Gasteiger partial charge in [0.1, 0.15) is 5.75 Å². The van der Waals surface area contributed by atoms with Crippen LogP contribution in [0.3, 0.4) is 0 Å². The van der Waals surface area contributed by atoms with E-state index in [1.165, 1.54) is 15.8 Å². The molecule has 0 bridgehead atoms. The number of amides is 1. The summed E-state index contributed by atoms with van der Waals surface area (Å²) in [6.07, 6.45) is 3.40. The number of para-hydroxylation sites is 2. The van der Waals surface area contributed by atoms with Gasteiger partial charge in [0.15, 0.2) is 0 Å². The number of nitrogens with one attached hydrogen (secondary N) is 3. The molecule has 154 valence electrons. The Morgan fingerprint density at radius 3 is 2.66 bits per heavy atom. The molecular formula is C24H32N3O2+. The van der Waals surface area contributed by atoms with E-state index in [4.69, 9.17) is 4.74 Å². The minimum atomic E-state index is -0.0845. The zero-order valence-electron chi connectivity index (χ0n) is 17.8. The van der Waals surface area contributed by atoms with E-state index in [1.54, 1.807) is 7.11 Å². The monoisotopic (exact) mass is 394 g/mol. The fourth-order valence-electron chi connectivity index (χ4n) is 3.87. The van der Waals surface area contributed by atoms with Crippen LogP contribution in [0.2, 0.25) is 0 Å². The number of aromatic nitrogens is 1. The second-order valence-electron chi connectivity index (χ2n) is 7.74. The summed E-state index contributed by atoms with van der Waals surface area (Å²) in [7, 11) is 5.85. The molecule has 0 aliphatic rings. The van der Waals surface area contributed by atoms with Gasteiger partial charge in [0.2, 0.25) is 5.91 Å². The summed E-state index contributed by atoms with van der Waals surface area (Å²) in [5, 5.41) is 4.25. The number of quaternary nitrogens is 1. The molecule has 3 N–H and O–H groups in total. The third-order valence-corrected chi connectivity index (χ3v) is 5.44. The Labute approximate surface area is 173 Å². The molecule has 5 nitrogen and oxygen atoms in total. The number of likely N-dealkylation sites (N-methyl/N-ethyl adjacent to an activating group) is 1. The predicted molar refractivity (Wildman–Crippen MR) is 118 cm³/mol. The summed E-state index contributed by atoms with van der Waals surface area (Å²) in [4.78, 5) is 17.6. The van der Waals surface area contributed by atoms with Crippen molar-refractivity contribution in [2.24, 2.45) is 0 Å². The van der Waals surface area contributed by atoms with Crippen LogP contribution < -0.4 is 15.0 Å². The molecule has 0 fully saturated rings. The minimum Gasteiger partial charge on any atom is -0.496 e. The van der Waals surface area contributed by atoms with Gasteiger partial charge in [-0.2, -0.15) is 0 Å². The average molecular weight is 395 g/mol. The molecule has 0 aliphatic heterocycles. The van der Waals surface area contributed by atoms with Crippen LogP contribution in [0, 0.1) is 0 Å². The lowest BCUT2D eigenvalue weighted by Crippen LogP contribution is -3.06. The molecule has 2 aromatic carbocycles. The van der Waals surface area contributed by atoms with E-state index in [9.17, 15) is 4.79 Å². The van der Waals surface area contributed by atoms with Gasteiger partial charge in [-0.1, -0.05) is 43.3 Å². The Hall–Kier alpha value is -2.79. The van der Waals surface area contributed by atoms with Crippen LogP contribution in [0.4, 0.5) is 0 Å². The van der Waals surface area contributed by atoms with Gasteiger partial charge in [-0.15, -0.1) is 0 Å². The highest BCUT2D eigenvalue weighted by atomic mass is 16.5. The quantitative estimate of drug-likeness (QED) is 0.522. The highest BCUT2D eigenvalue weighted by Crippen LogP contribution is 2.38. The first-order valence-corrected chi connectivity index (χ1v) is 10.3. The summed E-state index contributed by atoms with van der Waals surface area (Å²) in [6, 6.07) is 14.4. The van der Waals surface area contributed by atoms with E-state index in [-0.39, 0.29) is 11.8 Å². The third kappa shape index (κ3) is 4.80. The predicted octanol–water partition coefficient (Wildman–Crippen LogP) is 2.52. The van der Waals surface area contributed by atoms with Crippen LogP contribution in [0.15, 0.2) is 48.7 Å². The van der Waals surface area contributed by atoms with Crippen molar-refractivity contribution in [3.05, 3.63) is 65.4 Å². The zero-order chi connectivity index (χ0) is 20.8. The van der Waals surface area contributed by atoms with Crippen molar-refractivity contribution in [2.45, 2.75) is 25.7 Å². The van der Waals surface area contributed by atoms with Crippen LogP contribution in [0.1, 0.15) is 36.0 Å². The summed E-state index contributed by atoms with van der Waals surface area (Å²) in [5.74, 6) is 0.783. The van der Waals surface area contributed by atoms with Gasteiger partial charge in [0, 0.05) is 35.0 Å². The number of H-pyrrole nitrogens is 1. The first kappa shape index (κ1) is 20.9. The van der Waals surface area contributed by atoms with Crippen molar-refractivity contribution < 1.29 is 14.4 Å². The number of hydrogen-bond donors (Lipinski definition) is 3. The maximum Gasteiger partial charge on any atom is 0.221 e. The fraction of sp³-hybridized carbons (Fsp3) is 0.375. The van der Waals surface area contributed by atoms with Crippen molar-refractivity contribution in [1.29, 1.82) is 0 Å². The van der Waals surface area contributed by atoms with Crippen molar-refractivity contribution in [1.82, 2.24) is 10.3 Å². The third-order valence-electron chi connectivity index (χ3n) is 5.44. The van der Waals surface area contributed by atoms with Crippen molar-refractivity contribution in [2.75, 3.05) is 34.3 Å². The van der Waals surface area contributed by atoms with Crippen LogP contribution in [0.5, 0.6) is 5.75 Å². The number of ether oxygens (including phenoxy) is 1. The summed E-state index contributed by atoms with van der Waals surface area (Å²) >= 11 is 0. The van der Waals surface area contributed by atoms with Crippen molar-refractivity contribution in [3.63, 3.8) is 0 Å². The van der Waals surface area contributed by atoms with E-state index in [2.05, 4.69) is 61.8 Å². The molecule has 0 radical (unpaired) electrons. The summed E-state index contributed by atoms with van der Waals surface area (Å²) in [5.41, 5.74) is 4.60. The van der Waals surface area contributed by atoms with E-state index in [0.717, 1.165) is 35.4 Å². The Morgan fingerprint density at radius 1 is 1.14 bits per heavy atom. The zero-order valence-corrected chi connectivity index (χ0v) is 17.8. The number of aromatic amines is 1. The molecule has 5 heteroatoms.